The van der Waals surface area contributed by atoms with E-state index in [0.29, 0.717) is 26.1 Å². The van der Waals surface area contributed by atoms with Crippen LogP contribution in [0, 0.1) is 11.8 Å². The number of hydrogen-bond acceptors (Lipinski definition) is 3. The Bertz CT molecular complexity index is 833. The molecule has 1 saturated heterocycles. The molecule has 0 radical (unpaired) electrons. The molecule has 1 fully saturated rings. The Morgan fingerprint density at radius 1 is 1.11 bits per heavy atom. The maximum atomic E-state index is 12.5. The summed E-state index contributed by atoms with van der Waals surface area (Å²) < 4.78 is 5.65. The molecule has 5 nitrogen and oxygen atoms in total. The van der Waals surface area contributed by atoms with Crippen molar-refractivity contribution in [1.29, 1.82) is 0 Å². The Kier molecular flexibility index (Phi) is 4.60. The lowest BCUT2D eigenvalue weighted by molar-refractivity contribution is -0.142. The predicted molar refractivity (Wildman–Crippen MR) is 102 cm³/mol. The molecule has 0 saturated carbocycles. The first-order valence-corrected chi connectivity index (χ1v) is 9.39. The molecule has 1 N–H and O–H groups in total. The summed E-state index contributed by atoms with van der Waals surface area (Å²) in [6, 6.07) is 16.5. The molecule has 0 aromatic heterocycles. The van der Waals surface area contributed by atoms with E-state index in [1.54, 1.807) is 11.8 Å². The maximum absolute atomic E-state index is 12.5. The number of nitrogens with zero attached hydrogens (tertiary/aromatic N) is 1. The highest BCUT2D eigenvalue weighted by Gasteiger charge is 2.35. The lowest BCUT2D eigenvalue weighted by Crippen LogP contribution is -2.32. The molecule has 4 rings (SSSR count). The minimum Gasteiger partial charge on any atom is -0.481 e. The third kappa shape index (κ3) is 3.18. The van der Waals surface area contributed by atoms with Crippen LogP contribution in [-0.4, -0.2) is 41.8 Å². The summed E-state index contributed by atoms with van der Waals surface area (Å²) in [5, 5.41) is 9.17. The maximum Gasteiger partial charge on any atom is 0.409 e. The SMILES string of the molecule is CC(C(=O)O)C1CCN(C(=O)OCC2c3ccccc3-c3ccccc32)C1. The number of amides is 1. The second-order valence-electron chi connectivity index (χ2n) is 7.43. The monoisotopic (exact) mass is 365 g/mol. The number of carboxylic acid groups (broad SMARTS) is 1. The van der Waals surface area contributed by atoms with Crippen LogP contribution in [0.25, 0.3) is 11.1 Å². The van der Waals surface area contributed by atoms with Crippen LogP contribution in [0.3, 0.4) is 0 Å². The molecule has 0 bridgehead atoms. The summed E-state index contributed by atoms with van der Waals surface area (Å²) in [4.78, 5) is 25.3. The minimum atomic E-state index is -0.811. The molecule has 2 atom stereocenters. The van der Waals surface area contributed by atoms with E-state index in [4.69, 9.17) is 9.84 Å². The Hall–Kier alpha value is -2.82. The standard InChI is InChI=1S/C22H23NO4/c1-14(21(24)25)15-10-11-23(12-15)22(26)27-13-20-18-8-4-2-6-16(18)17-7-3-5-9-19(17)20/h2-9,14-15,20H,10-13H2,1H3,(H,24,25). The number of ether oxygens (including phenoxy) is 1. The minimum absolute atomic E-state index is 0.0111. The van der Waals surface area contributed by atoms with Gasteiger partial charge in [-0.3, -0.25) is 4.79 Å². The van der Waals surface area contributed by atoms with E-state index in [0.717, 1.165) is 0 Å². The van der Waals surface area contributed by atoms with Crippen molar-refractivity contribution >= 4 is 12.1 Å². The Balaban J connectivity index is 1.44. The molecule has 27 heavy (non-hydrogen) atoms. The van der Waals surface area contributed by atoms with Crippen molar-refractivity contribution in [2.24, 2.45) is 11.8 Å². The quantitative estimate of drug-likeness (QED) is 0.890. The molecule has 1 aliphatic carbocycles. The van der Waals surface area contributed by atoms with Crippen LogP contribution >= 0.6 is 0 Å². The lowest BCUT2D eigenvalue weighted by Gasteiger charge is -2.20. The Morgan fingerprint density at radius 2 is 1.70 bits per heavy atom. The second-order valence-corrected chi connectivity index (χ2v) is 7.43. The summed E-state index contributed by atoms with van der Waals surface area (Å²) in [6.07, 6.45) is 0.356. The van der Waals surface area contributed by atoms with E-state index < -0.39 is 11.9 Å². The van der Waals surface area contributed by atoms with E-state index >= 15 is 0 Å². The normalized spacial score (nSPS) is 19.4. The molecule has 2 aromatic carbocycles. The van der Waals surface area contributed by atoms with Crippen LogP contribution in [0.1, 0.15) is 30.4 Å². The molecule has 1 aliphatic heterocycles. The van der Waals surface area contributed by atoms with Crippen molar-refractivity contribution in [3.05, 3.63) is 59.7 Å². The number of benzene rings is 2. The highest BCUT2D eigenvalue weighted by molar-refractivity contribution is 5.79. The second kappa shape index (κ2) is 7.06. The first kappa shape index (κ1) is 17.6. The van der Waals surface area contributed by atoms with Crippen LogP contribution < -0.4 is 0 Å². The topological polar surface area (TPSA) is 66.8 Å². The Morgan fingerprint density at radius 3 is 2.30 bits per heavy atom. The number of likely N-dealkylation sites (tertiary alicyclic amines) is 1. The zero-order valence-corrected chi connectivity index (χ0v) is 15.3. The highest BCUT2D eigenvalue weighted by atomic mass is 16.6. The number of hydrogen-bond donors (Lipinski definition) is 1. The van der Waals surface area contributed by atoms with Gasteiger partial charge in [0.2, 0.25) is 0 Å². The lowest BCUT2D eigenvalue weighted by atomic mass is 9.94. The number of fused-ring (bicyclic) bond motifs is 3. The van der Waals surface area contributed by atoms with Gasteiger partial charge in [-0.2, -0.15) is 0 Å². The van der Waals surface area contributed by atoms with Gasteiger partial charge >= 0.3 is 12.1 Å². The summed E-state index contributed by atoms with van der Waals surface area (Å²) in [7, 11) is 0. The summed E-state index contributed by atoms with van der Waals surface area (Å²) in [5.41, 5.74) is 4.77. The summed E-state index contributed by atoms with van der Waals surface area (Å²) >= 11 is 0. The molecule has 2 aromatic rings. The van der Waals surface area contributed by atoms with Crippen molar-refractivity contribution in [3.63, 3.8) is 0 Å². The molecule has 140 valence electrons. The molecular weight excluding hydrogens is 342 g/mol. The average Bonchev–Trinajstić information content (AvgIpc) is 3.29. The number of rotatable bonds is 4. The van der Waals surface area contributed by atoms with Gasteiger partial charge in [0.05, 0.1) is 5.92 Å². The zero-order valence-electron chi connectivity index (χ0n) is 15.3. The van der Waals surface area contributed by atoms with Gasteiger partial charge in [-0.05, 0) is 34.6 Å². The van der Waals surface area contributed by atoms with Crippen molar-refractivity contribution in [2.75, 3.05) is 19.7 Å². The van der Waals surface area contributed by atoms with Gasteiger partial charge < -0.3 is 14.7 Å². The van der Waals surface area contributed by atoms with Crippen molar-refractivity contribution in [1.82, 2.24) is 4.90 Å². The first-order chi connectivity index (χ1) is 13.1. The molecule has 2 unspecified atom stereocenters. The largest absolute Gasteiger partial charge is 0.481 e. The molecule has 2 aliphatic rings. The van der Waals surface area contributed by atoms with Crippen molar-refractivity contribution in [2.45, 2.75) is 19.3 Å². The van der Waals surface area contributed by atoms with Gasteiger partial charge in [0, 0.05) is 19.0 Å². The van der Waals surface area contributed by atoms with Crippen LogP contribution in [0.2, 0.25) is 0 Å². The number of carboxylic acids is 1. The fourth-order valence-electron chi connectivity index (χ4n) is 4.25. The van der Waals surface area contributed by atoms with Crippen LogP contribution in [0.15, 0.2) is 48.5 Å². The van der Waals surface area contributed by atoms with Crippen molar-refractivity contribution in [3.8, 4) is 11.1 Å². The average molecular weight is 365 g/mol. The third-order valence-electron chi connectivity index (χ3n) is 5.92. The van der Waals surface area contributed by atoms with Gasteiger partial charge in [0.25, 0.3) is 0 Å². The van der Waals surface area contributed by atoms with E-state index in [2.05, 4.69) is 24.3 Å². The van der Waals surface area contributed by atoms with Gasteiger partial charge in [-0.1, -0.05) is 55.5 Å². The van der Waals surface area contributed by atoms with E-state index in [1.165, 1.54) is 22.3 Å². The van der Waals surface area contributed by atoms with Gasteiger partial charge in [0.1, 0.15) is 6.61 Å². The summed E-state index contributed by atoms with van der Waals surface area (Å²) in [5.74, 6) is -1.23. The highest BCUT2D eigenvalue weighted by Crippen LogP contribution is 2.44. The van der Waals surface area contributed by atoms with Gasteiger partial charge in [-0.25, -0.2) is 4.79 Å². The number of carbonyl (C=O) groups is 2. The fourth-order valence-corrected chi connectivity index (χ4v) is 4.25. The molecular formula is C22H23NO4. The Labute approximate surface area is 158 Å². The van der Waals surface area contributed by atoms with Crippen LogP contribution in [0.4, 0.5) is 4.79 Å². The molecule has 5 heteroatoms. The first-order valence-electron chi connectivity index (χ1n) is 9.39. The summed E-state index contributed by atoms with van der Waals surface area (Å²) in [6.45, 7) is 3.00. The molecule has 1 heterocycles. The van der Waals surface area contributed by atoms with Gasteiger partial charge in [-0.15, -0.1) is 0 Å². The van der Waals surface area contributed by atoms with Crippen LogP contribution in [-0.2, 0) is 9.53 Å². The zero-order chi connectivity index (χ0) is 19.0. The smallest absolute Gasteiger partial charge is 0.409 e. The third-order valence-corrected chi connectivity index (χ3v) is 5.92. The van der Waals surface area contributed by atoms with Crippen LogP contribution in [0.5, 0.6) is 0 Å². The van der Waals surface area contributed by atoms with E-state index in [9.17, 15) is 9.59 Å². The number of carbonyl (C=O) groups excluding carboxylic acids is 1. The fraction of sp³-hybridized carbons (Fsp3) is 0.364. The van der Waals surface area contributed by atoms with E-state index in [1.807, 2.05) is 24.3 Å². The number of aliphatic carboxylic acids is 1. The van der Waals surface area contributed by atoms with E-state index in [-0.39, 0.29) is 17.9 Å². The van der Waals surface area contributed by atoms with Gasteiger partial charge in [0.15, 0.2) is 0 Å². The predicted octanol–water partition coefficient (Wildman–Crippen LogP) is 3.98. The van der Waals surface area contributed by atoms with Crippen molar-refractivity contribution < 1.29 is 19.4 Å². The molecule has 0 spiro atoms. The molecule has 1 amide bonds.